The Morgan fingerprint density at radius 3 is 2.50 bits per heavy atom. The van der Waals surface area contributed by atoms with Crippen LogP contribution in [0, 0.1) is 5.92 Å². The summed E-state index contributed by atoms with van der Waals surface area (Å²) in [4.78, 5) is 11.2. The molecule has 0 radical (unpaired) electrons. The van der Waals surface area contributed by atoms with E-state index in [2.05, 4.69) is 5.32 Å². The second kappa shape index (κ2) is 7.72. The molecule has 0 heterocycles. The highest BCUT2D eigenvalue weighted by atomic mass is 35.5. The molecule has 0 aliphatic heterocycles. The highest BCUT2D eigenvalue weighted by Gasteiger charge is 2.19. The van der Waals surface area contributed by atoms with Gasteiger partial charge in [-0.15, -0.1) is 0 Å². The third kappa shape index (κ3) is 4.85. The molecule has 0 fully saturated rings. The molecule has 20 heavy (non-hydrogen) atoms. The van der Waals surface area contributed by atoms with Gasteiger partial charge in [0.1, 0.15) is 11.8 Å². The molecule has 0 bridgehead atoms. The van der Waals surface area contributed by atoms with E-state index in [0.29, 0.717) is 34.7 Å². The van der Waals surface area contributed by atoms with Crippen LogP contribution in [0.15, 0.2) is 12.1 Å². The van der Waals surface area contributed by atoms with E-state index in [0.717, 1.165) is 5.56 Å². The molecule has 4 nitrogen and oxygen atoms in total. The SMILES string of the molecule is COc1cc(Cl)c(CN[C@H](CC(C)C)C(=O)O)cc1Cl. The van der Waals surface area contributed by atoms with E-state index in [1.165, 1.54) is 7.11 Å². The molecule has 0 spiro atoms. The number of hydrogen-bond acceptors (Lipinski definition) is 3. The Labute approximate surface area is 129 Å². The summed E-state index contributed by atoms with van der Waals surface area (Å²) in [6.07, 6.45) is 0.552. The normalized spacial score (nSPS) is 12.5. The molecule has 1 aromatic carbocycles. The fraction of sp³-hybridized carbons (Fsp3) is 0.500. The van der Waals surface area contributed by atoms with Crippen LogP contribution in [-0.2, 0) is 11.3 Å². The van der Waals surface area contributed by atoms with Crippen LogP contribution in [0.2, 0.25) is 10.0 Å². The van der Waals surface area contributed by atoms with Crippen LogP contribution in [0.5, 0.6) is 5.75 Å². The fourth-order valence-corrected chi connectivity index (χ4v) is 2.32. The lowest BCUT2D eigenvalue weighted by Crippen LogP contribution is -2.37. The van der Waals surface area contributed by atoms with Crippen molar-refractivity contribution in [3.05, 3.63) is 27.7 Å². The number of aliphatic carboxylic acids is 1. The number of nitrogens with one attached hydrogen (secondary N) is 1. The standard InChI is InChI=1S/C14H19Cl2NO3/c1-8(2)4-12(14(18)19)17-7-9-5-11(16)13(20-3)6-10(9)15/h5-6,8,12,17H,4,7H2,1-3H3,(H,18,19)/t12-/m1/s1. The molecule has 0 unspecified atom stereocenters. The summed E-state index contributed by atoms with van der Waals surface area (Å²) in [5.41, 5.74) is 0.743. The monoisotopic (exact) mass is 319 g/mol. The number of carboxylic acids is 1. The predicted octanol–water partition coefficient (Wildman–Crippen LogP) is 3.59. The van der Waals surface area contributed by atoms with Gasteiger partial charge in [0.25, 0.3) is 0 Å². The quantitative estimate of drug-likeness (QED) is 0.806. The van der Waals surface area contributed by atoms with E-state index in [1.807, 2.05) is 13.8 Å². The Bertz CT molecular complexity index is 478. The number of carboxylic acid groups (broad SMARTS) is 1. The third-order valence-electron chi connectivity index (χ3n) is 2.86. The van der Waals surface area contributed by atoms with E-state index in [-0.39, 0.29) is 0 Å². The van der Waals surface area contributed by atoms with E-state index < -0.39 is 12.0 Å². The molecule has 2 N–H and O–H groups in total. The number of benzene rings is 1. The molecule has 1 rings (SSSR count). The summed E-state index contributed by atoms with van der Waals surface area (Å²) in [6.45, 7) is 4.30. The Morgan fingerprint density at radius 2 is 2.00 bits per heavy atom. The van der Waals surface area contributed by atoms with Gasteiger partial charge in [-0.25, -0.2) is 0 Å². The van der Waals surface area contributed by atoms with Gasteiger partial charge in [-0.1, -0.05) is 37.0 Å². The zero-order valence-electron chi connectivity index (χ0n) is 11.7. The van der Waals surface area contributed by atoms with Crippen molar-refractivity contribution >= 4 is 29.2 Å². The van der Waals surface area contributed by atoms with Crippen LogP contribution in [0.4, 0.5) is 0 Å². The van der Waals surface area contributed by atoms with Crippen molar-refractivity contribution in [2.45, 2.75) is 32.9 Å². The highest BCUT2D eigenvalue weighted by Crippen LogP contribution is 2.30. The van der Waals surface area contributed by atoms with Crippen molar-refractivity contribution in [2.75, 3.05) is 7.11 Å². The van der Waals surface area contributed by atoms with Crippen LogP contribution in [0.3, 0.4) is 0 Å². The topological polar surface area (TPSA) is 58.6 Å². The molecular weight excluding hydrogens is 301 g/mol. The van der Waals surface area contributed by atoms with Gasteiger partial charge >= 0.3 is 5.97 Å². The first-order chi connectivity index (χ1) is 9.35. The third-order valence-corrected chi connectivity index (χ3v) is 3.51. The molecule has 0 amide bonds. The van der Waals surface area contributed by atoms with Gasteiger partial charge in [-0.05, 0) is 24.0 Å². The van der Waals surface area contributed by atoms with Crippen LogP contribution >= 0.6 is 23.2 Å². The number of halogens is 2. The minimum Gasteiger partial charge on any atom is -0.495 e. The first kappa shape index (κ1) is 17.1. The maximum atomic E-state index is 11.2. The van der Waals surface area contributed by atoms with Gasteiger partial charge in [0, 0.05) is 17.6 Å². The molecule has 0 saturated carbocycles. The smallest absolute Gasteiger partial charge is 0.320 e. The number of ether oxygens (including phenoxy) is 1. The van der Waals surface area contributed by atoms with Crippen molar-refractivity contribution in [1.29, 1.82) is 0 Å². The van der Waals surface area contributed by atoms with Crippen molar-refractivity contribution in [3.8, 4) is 5.75 Å². The van der Waals surface area contributed by atoms with Crippen LogP contribution in [0.25, 0.3) is 0 Å². The number of rotatable bonds is 7. The van der Waals surface area contributed by atoms with Crippen LogP contribution in [0.1, 0.15) is 25.8 Å². The molecule has 1 aromatic rings. The molecule has 1 atom stereocenters. The molecule has 6 heteroatoms. The Balaban J connectivity index is 2.78. The molecule has 0 aromatic heterocycles. The summed E-state index contributed by atoms with van der Waals surface area (Å²) in [6, 6.07) is 2.70. The largest absolute Gasteiger partial charge is 0.495 e. The lowest BCUT2D eigenvalue weighted by molar-refractivity contribution is -0.140. The summed E-state index contributed by atoms with van der Waals surface area (Å²) >= 11 is 12.2. The zero-order chi connectivity index (χ0) is 15.3. The maximum absolute atomic E-state index is 11.2. The average Bonchev–Trinajstić information content (AvgIpc) is 2.36. The first-order valence-corrected chi connectivity index (χ1v) is 7.08. The van der Waals surface area contributed by atoms with Gasteiger partial charge < -0.3 is 15.2 Å². The highest BCUT2D eigenvalue weighted by molar-refractivity contribution is 6.34. The predicted molar refractivity (Wildman–Crippen MR) is 80.7 cm³/mol. The molecule has 112 valence electrons. The van der Waals surface area contributed by atoms with E-state index in [4.69, 9.17) is 33.0 Å². The van der Waals surface area contributed by atoms with Gasteiger partial charge in [-0.3, -0.25) is 4.79 Å². The van der Waals surface area contributed by atoms with Crippen molar-refractivity contribution in [2.24, 2.45) is 5.92 Å². The first-order valence-electron chi connectivity index (χ1n) is 6.33. The van der Waals surface area contributed by atoms with Crippen molar-refractivity contribution in [3.63, 3.8) is 0 Å². The van der Waals surface area contributed by atoms with E-state index in [1.54, 1.807) is 12.1 Å². The lowest BCUT2D eigenvalue weighted by Gasteiger charge is -2.17. The van der Waals surface area contributed by atoms with Crippen LogP contribution in [-0.4, -0.2) is 24.2 Å². The summed E-state index contributed by atoms with van der Waals surface area (Å²) in [7, 11) is 1.51. The minimum atomic E-state index is -0.866. The Kier molecular flexibility index (Phi) is 6.59. The molecule has 0 aliphatic carbocycles. The second-order valence-electron chi connectivity index (χ2n) is 4.98. The molecule has 0 aliphatic rings. The molecular formula is C14H19Cl2NO3. The lowest BCUT2D eigenvalue weighted by atomic mass is 10.0. The number of hydrogen-bond donors (Lipinski definition) is 2. The minimum absolute atomic E-state index is 0.290. The second-order valence-corrected chi connectivity index (χ2v) is 5.79. The van der Waals surface area contributed by atoms with E-state index in [9.17, 15) is 4.79 Å². The van der Waals surface area contributed by atoms with Crippen molar-refractivity contribution in [1.82, 2.24) is 5.32 Å². The summed E-state index contributed by atoms with van der Waals surface area (Å²) in [5.74, 6) is -0.0784. The number of carbonyl (C=O) groups is 1. The summed E-state index contributed by atoms with van der Waals surface area (Å²) in [5, 5.41) is 13.1. The van der Waals surface area contributed by atoms with Gasteiger partial charge in [0.2, 0.25) is 0 Å². The van der Waals surface area contributed by atoms with Crippen LogP contribution < -0.4 is 10.1 Å². The molecule has 0 saturated heterocycles. The van der Waals surface area contributed by atoms with Crippen molar-refractivity contribution < 1.29 is 14.6 Å². The van der Waals surface area contributed by atoms with Gasteiger partial charge in [0.05, 0.1) is 12.1 Å². The number of methoxy groups -OCH3 is 1. The Hall–Kier alpha value is -0.970. The fourth-order valence-electron chi connectivity index (χ4n) is 1.84. The van der Waals surface area contributed by atoms with Gasteiger partial charge in [-0.2, -0.15) is 0 Å². The maximum Gasteiger partial charge on any atom is 0.320 e. The van der Waals surface area contributed by atoms with E-state index >= 15 is 0 Å². The summed E-state index contributed by atoms with van der Waals surface area (Å²) < 4.78 is 5.07. The average molecular weight is 320 g/mol. The Morgan fingerprint density at radius 1 is 1.35 bits per heavy atom. The van der Waals surface area contributed by atoms with Gasteiger partial charge in [0.15, 0.2) is 0 Å². The zero-order valence-corrected chi connectivity index (χ0v) is 13.3.